The predicted molar refractivity (Wildman–Crippen MR) is 312 cm³/mol. The number of aromatic amines is 1. The van der Waals surface area contributed by atoms with Gasteiger partial charge in [-0.05, 0) is 149 Å². The van der Waals surface area contributed by atoms with Crippen LogP contribution in [0.2, 0.25) is 0 Å². The molecule has 5 amide bonds. The highest BCUT2D eigenvalue weighted by Gasteiger charge is 2.51. The van der Waals surface area contributed by atoms with Gasteiger partial charge in [-0.25, -0.2) is 14.6 Å². The Bertz CT molecular complexity index is 3130. The third-order valence-corrected chi connectivity index (χ3v) is 18.7. The number of nitrogens with zero attached hydrogens (tertiary/aromatic N) is 3. The molecule has 5 fully saturated rings. The van der Waals surface area contributed by atoms with Crippen LogP contribution in [0.5, 0.6) is 11.5 Å². The highest BCUT2D eigenvalue weighted by atomic mass is 16.6. The molecule has 4 aromatic carbocycles. The van der Waals surface area contributed by atoms with Crippen molar-refractivity contribution >= 4 is 29.9 Å². The quantitative estimate of drug-likeness (QED) is 0.0765. The number of likely N-dealkylation sites (tertiary alicyclic amines) is 2. The van der Waals surface area contributed by atoms with Gasteiger partial charge in [0.05, 0.1) is 29.9 Å². The Labute approximate surface area is 477 Å². The SMILES string of the molecule is CC(C)[C@H](NC(=O)Oc1ccccc1)C(=O)N1CC(C)(C)C[C@H]1c1ncc(-c2ccc(-c3ccc(C4CCC5NC([C@@H]6CC(C)(C)CN6C(=O)[C@@H](NC(=O)Oc6ccccc6)C(C)C)NC(=O)C5C4)c4c3CC3(CCCC3)C4)cc2)[nH]1. The van der Waals surface area contributed by atoms with E-state index in [1.165, 1.54) is 53.5 Å². The summed E-state index contributed by atoms with van der Waals surface area (Å²) in [5.41, 5.74) is 8.63. The normalized spacial score (nSPS) is 25.0. The molecule has 0 bridgehead atoms. The van der Waals surface area contributed by atoms with E-state index in [1.807, 2.05) is 55.8 Å². The van der Waals surface area contributed by atoms with Gasteiger partial charge >= 0.3 is 12.2 Å². The minimum absolute atomic E-state index is 0.0117. The molecule has 3 saturated heterocycles. The van der Waals surface area contributed by atoms with Crippen LogP contribution in [-0.4, -0.2) is 93.1 Å². The number of fused-ring (bicyclic) bond motifs is 2. The van der Waals surface area contributed by atoms with E-state index < -0.39 is 30.4 Å². The lowest BCUT2D eigenvalue weighted by Crippen LogP contribution is -2.68. The van der Waals surface area contributed by atoms with E-state index in [0.29, 0.717) is 31.0 Å². The van der Waals surface area contributed by atoms with E-state index >= 15 is 0 Å². The standard InChI is InChI=1S/C66H82N8O7/c1-39(2)55(70-62(78)80-44-17-11-9-12-18-44)60(76)73-37-64(5,6)34-53(73)57-67-36-52(69-57)42-23-21-41(22-24-42)46-26-27-47(50-33-66(32-49(46)50)29-15-16-30-66)43-25-28-51-48(31-43)59(75)72-58(68-51)54-35-65(7,8)38-74(54)61(77)56(40(3)4)71-63(79)81-45-19-13-10-14-20-45/h9-14,17-24,26-27,36,39-40,43,48,51,53-56,58,68H,15-16,25,28-35,37-38H2,1-8H3,(H,67,69)(H,70,78)(H,71,79)(H,72,75)/t43?,48?,51?,53-,54-,55-,56-,58?/m0/s1. The summed E-state index contributed by atoms with van der Waals surface area (Å²) in [6.45, 7) is 17.4. The molecule has 15 heteroatoms. The number of aromatic nitrogens is 2. The number of carbonyl (C=O) groups is 5. The fourth-order valence-corrected chi connectivity index (χ4v) is 14.7. The average molecular weight is 1100 g/mol. The zero-order valence-electron chi connectivity index (χ0n) is 48.5. The lowest BCUT2D eigenvalue weighted by molar-refractivity contribution is -0.139. The minimum atomic E-state index is -0.801. The van der Waals surface area contributed by atoms with Gasteiger partial charge in [-0.1, -0.05) is 141 Å². The van der Waals surface area contributed by atoms with Gasteiger partial charge < -0.3 is 40.2 Å². The van der Waals surface area contributed by atoms with Crippen LogP contribution in [0.3, 0.4) is 0 Å². The van der Waals surface area contributed by atoms with Gasteiger partial charge in [0.15, 0.2) is 0 Å². The van der Waals surface area contributed by atoms with E-state index in [1.54, 1.807) is 48.5 Å². The predicted octanol–water partition coefficient (Wildman–Crippen LogP) is 11.3. The molecule has 8 atom stereocenters. The first-order valence-electron chi connectivity index (χ1n) is 29.8. The molecule has 428 valence electrons. The Morgan fingerprint density at radius 3 is 1.86 bits per heavy atom. The number of para-hydroxylation sites is 2. The summed E-state index contributed by atoms with van der Waals surface area (Å²) < 4.78 is 11.1. The van der Waals surface area contributed by atoms with Crippen LogP contribution < -0.4 is 30.7 Å². The van der Waals surface area contributed by atoms with Crippen molar-refractivity contribution in [1.29, 1.82) is 0 Å². The number of amides is 5. The van der Waals surface area contributed by atoms with Gasteiger partial charge in [0.2, 0.25) is 17.7 Å². The Morgan fingerprint density at radius 2 is 1.25 bits per heavy atom. The molecule has 4 heterocycles. The number of H-pyrrole nitrogens is 1. The largest absolute Gasteiger partial charge is 0.413 e. The molecule has 81 heavy (non-hydrogen) atoms. The second-order valence-corrected chi connectivity index (χ2v) is 26.7. The lowest BCUT2D eigenvalue weighted by Gasteiger charge is -2.46. The molecular formula is C66H82N8O7. The molecule has 1 spiro atoms. The molecule has 15 nitrogen and oxygen atoms in total. The number of imidazole rings is 1. The third kappa shape index (κ3) is 11.7. The molecular weight excluding hydrogens is 1020 g/mol. The van der Waals surface area contributed by atoms with Crippen molar-refractivity contribution in [3.05, 3.63) is 126 Å². The van der Waals surface area contributed by atoms with Crippen LogP contribution in [0.4, 0.5) is 9.59 Å². The van der Waals surface area contributed by atoms with E-state index in [2.05, 4.69) is 90.3 Å². The summed E-state index contributed by atoms with van der Waals surface area (Å²) in [5, 5.41) is 13.0. The maximum atomic E-state index is 14.5. The maximum Gasteiger partial charge on any atom is 0.413 e. The molecule has 0 radical (unpaired) electrons. The van der Waals surface area contributed by atoms with Crippen LogP contribution >= 0.6 is 0 Å². The zero-order chi connectivity index (χ0) is 57.0. The van der Waals surface area contributed by atoms with Crippen LogP contribution in [-0.2, 0) is 27.2 Å². The summed E-state index contributed by atoms with van der Waals surface area (Å²) in [5.74, 6) is 0.937. The first-order valence-corrected chi connectivity index (χ1v) is 29.8. The Kier molecular flexibility index (Phi) is 15.5. The summed E-state index contributed by atoms with van der Waals surface area (Å²) in [6.07, 6.45) is 11.3. The van der Waals surface area contributed by atoms with E-state index in [-0.39, 0.29) is 75.8 Å². The van der Waals surface area contributed by atoms with E-state index in [4.69, 9.17) is 14.5 Å². The molecule has 3 aliphatic heterocycles. The molecule has 1 aromatic heterocycles. The lowest BCUT2D eigenvalue weighted by atomic mass is 9.72. The Morgan fingerprint density at radius 1 is 0.679 bits per heavy atom. The smallest absolute Gasteiger partial charge is 0.410 e. The highest BCUT2D eigenvalue weighted by molar-refractivity contribution is 5.88. The van der Waals surface area contributed by atoms with Crippen molar-refractivity contribution in [3.63, 3.8) is 0 Å². The molecule has 11 rings (SSSR count). The van der Waals surface area contributed by atoms with Crippen molar-refractivity contribution in [3.8, 4) is 33.9 Å². The molecule has 3 aliphatic carbocycles. The fourth-order valence-electron chi connectivity index (χ4n) is 14.7. The van der Waals surface area contributed by atoms with E-state index in [0.717, 1.165) is 55.6 Å². The minimum Gasteiger partial charge on any atom is -0.410 e. The van der Waals surface area contributed by atoms with Gasteiger partial charge in [0.1, 0.15) is 35.6 Å². The van der Waals surface area contributed by atoms with Crippen molar-refractivity contribution in [2.24, 2.45) is 34.0 Å². The van der Waals surface area contributed by atoms with Crippen LogP contribution in [0.15, 0.2) is 103 Å². The number of carbonyl (C=O) groups excluding carboxylic acids is 5. The van der Waals surface area contributed by atoms with Crippen LogP contribution in [0.25, 0.3) is 22.4 Å². The third-order valence-electron chi connectivity index (χ3n) is 18.7. The highest BCUT2D eigenvalue weighted by Crippen LogP contribution is 2.54. The Balaban J connectivity index is 0.775. The van der Waals surface area contributed by atoms with Crippen LogP contribution in [0, 0.1) is 34.0 Å². The number of nitrogens with one attached hydrogen (secondary N) is 5. The summed E-state index contributed by atoms with van der Waals surface area (Å²) in [7, 11) is 0. The first kappa shape index (κ1) is 55.9. The number of rotatable bonds is 13. The van der Waals surface area contributed by atoms with Gasteiger partial charge in [0.25, 0.3) is 0 Å². The number of benzene rings is 4. The molecule has 5 N–H and O–H groups in total. The summed E-state index contributed by atoms with van der Waals surface area (Å²) >= 11 is 0. The van der Waals surface area contributed by atoms with Gasteiger partial charge in [0, 0.05) is 19.1 Å². The molecule has 5 aromatic rings. The first-order chi connectivity index (χ1) is 38.7. The summed E-state index contributed by atoms with van der Waals surface area (Å²) in [4.78, 5) is 81.8. The molecule has 4 unspecified atom stereocenters. The zero-order valence-corrected chi connectivity index (χ0v) is 48.5. The van der Waals surface area contributed by atoms with Gasteiger partial charge in [-0.2, -0.15) is 0 Å². The van der Waals surface area contributed by atoms with Crippen molar-refractivity contribution in [2.45, 2.75) is 168 Å². The van der Waals surface area contributed by atoms with Crippen molar-refractivity contribution in [2.75, 3.05) is 13.1 Å². The molecule has 6 aliphatic rings. The Hall–Kier alpha value is -7.00. The average Bonchev–Trinajstić information content (AvgIpc) is 4.50. The second-order valence-electron chi connectivity index (χ2n) is 26.7. The van der Waals surface area contributed by atoms with Crippen molar-refractivity contribution in [1.82, 2.24) is 41.0 Å². The fraction of sp³-hybridized carbons (Fsp3) is 0.515. The topological polar surface area (TPSA) is 187 Å². The second kappa shape index (κ2) is 22.4. The maximum absolute atomic E-state index is 14.5. The number of hydrogen-bond acceptors (Lipinski definition) is 9. The van der Waals surface area contributed by atoms with Crippen LogP contribution in [0.1, 0.15) is 148 Å². The van der Waals surface area contributed by atoms with Crippen molar-refractivity contribution < 1.29 is 33.4 Å². The molecule has 2 saturated carbocycles. The van der Waals surface area contributed by atoms with Gasteiger partial charge in [-0.15, -0.1) is 0 Å². The summed E-state index contributed by atoms with van der Waals surface area (Å²) in [6, 6.07) is 29.0. The number of hydrogen-bond donors (Lipinski definition) is 5. The number of ether oxygens (including phenoxy) is 2. The van der Waals surface area contributed by atoms with E-state index in [9.17, 15) is 24.0 Å². The van der Waals surface area contributed by atoms with Gasteiger partial charge in [-0.3, -0.25) is 19.7 Å². The monoisotopic (exact) mass is 1100 g/mol.